The van der Waals surface area contributed by atoms with Crippen molar-refractivity contribution < 1.29 is 27.5 Å². The fourth-order valence-corrected chi connectivity index (χ4v) is 5.05. The van der Waals surface area contributed by atoms with Crippen molar-refractivity contribution in [2.45, 2.75) is 37.5 Å². The number of hydrogen-bond donors (Lipinski definition) is 1. The normalized spacial score (nSPS) is 15.2. The topological polar surface area (TPSA) is 110 Å². The van der Waals surface area contributed by atoms with Crippen LogP contribution in [0.5, 0.6) is 0 Å². The first kappa shape index (κ1) is 24.6. The standard InChI is InChI=1S/C24H28N2O6S/c1-17(2)18-8-10-21(11-9-18)33(30,31)26-14-12-20(13-15-26)24(29)32-16-22(27)25-23(28)19-6-4-3-5-7-19/h3-11,17,20H,12-16H2,1-2H3,(H,25,27,28). The Balaban J connectivity index is 1.47. The molecule has 1 N–H and O–H groups in total. The van der Waals surface area contributed by atoms with Gasteiger partial charge in [0, 0.05) is 18.7 Å². The van der Waals surface area contributed by atoms with Gasteiger partial charge in [0.15, 0.2) is 6.61 Å². The molecule has 9 heteroatoms. The average molecular weight is 473 g/mol. The van der Waals surface area contributed by atoms with E-state index >= 15 is 0 Å². The molecule has 1 aliphatic heterocycles. The number of carbonyl (C=O) groups is 3. The smallest absolute Gasteiger partial charge is 0.309 e. The molecule has 33 heavy (non-hydrogen) atoms. The zero-order chi connectivity index (χ0) is 24.0. The van der Waals surface area contributed by atoms with Crippen molar-refractivity contribution in [3.8, 4) is 0 Å². The van der Waals surface area contributed by atoms with Gasteiger partial charge in [-0.2, -0.15) is 4.31 Å². The van der Waals surface area contributed by atoms with Crippen molar-refractivity contribution in [2.75, 3.05) is 19.7 Å². The largest absolute Gasteiger partial charge is 0.455 e. The minimum Gasteiger partial charge on any atom is -0.455 e. The van der Waals surface area contributed by atoms with Crippen LogP contribution in [0, 0.1) is 5.92 Å². The summed E-state index contributed by atoms with van der Waals surface area (Å²) in [7, 11) is -3.64. The zero-order valence-electron chi connectivity index (χ0n) is 18.7. The molecule has 0 saturated carbocycles. The van der Waals surface area contributed by atoms with Crippen molar-refractivity contribution in [1.29, 1.82) is 0 Å². The molecule has 8 nitrogen and oxygen atoms in total. The monoisotopic (exact) mass is 472 g/mol. The van der Waals surface area contributed by atoms with E-state index in [0.29, 0.717) is 24.3 Å². The third-order valence-corrected chi connectivity index (χ3v) is 7.52. The Labute approximate surface area is 194 Å². The number of carbonyl (C=O) groups excluding carboxylic acids is 3. The predicted molar refractivity (Wildman–Crippen MR) is 122 cm³/mol. The summed E-state index contributed by atoms with van der Waals surface area (Å²) in [6.45, 7) is 3.88. The second-order valence-electron chi connectivity index (χ2n) is 8.25. The van der Waals surface area contributed by atoms with Crippen molar-refractivity contribution in [3.05, 3.63) is 65.7 Å². The van der Waals surface area contributed by atoms with E-state index in [1.165, 1.54) is 4.31 Å². The fraction of sp³-hybridized carbons (Fsp3) is 0.375. The van der Waals surface area contributed by atoms with Crippen LogP contribution >= 0.6 is 0 Å². The summed E-state index contributed by atoms with van der Waals surface area (Å²) in [4.78, 5) is 36.4. The molecule has 2 amide bonds. The summed E-state index contributed by atoms with van der Waals surface area (Å²) in [5.41, 5.74) is 1.38. The summed E-state index contributed by atoms with van der Waals surface area (Å²) < 4.78 is 32.2. The van der Waals surface area contributed by atoms with Crippen LogP contribution in [0.2, 0.25) is 0 Å². The van der Waals surface area contributed by atoms with E-state index < -0.39 is 40.3 Å². The summed E-state index contributed by atoms with van der Waals surface area (Å²) >= 11 is 0. The van der Waals surface area contributed by atoms with Crippen LogP contribution in [0.25, 0.3) is 0 Å². The van der Waals surface area contributed by atoms with Gasteiger partial charge in [0.2, 0.25) is 10.0 Å². The van der Waals surface area contributed by atoms with Gasteiger partial charge in [-0.15, -0.1) is 0 Å². The van der Waals surface area contributed by atoms with Gasteiger partial charge in [-0.3, -0.25) is 19.7 Å². The summed E-state index contributed by atoms with van der Waals surface area (Å²) in [6.07, 6.45) is 0.597. The Hall–Kier alpha value is -3.04. The maximum absolute atomic E-state index is 12.9. The molecular weight excluding hydrogens is 444 g/mol. The minimum atomic E-state index is -3.64. The number of nitrogens with zero attached hydrogens (tertiary/aromatic N) is 1. The molecule has 0 aliphatic carbocycles. The van der Waals surface area contributed by atoms with Crippen LogP contribution in [0.15, 0.2) is 59.5 Å². The second kappa shape index (κ2) is 10.7. The molecule has 0 unspecified atom stereocenters. The third kappa shape index (κ3) is 6.27. The number of ether oxygens (including phenoxy) is 1. The van der Waals surface area contributed by atoms with E-state index in [4.69, 9.17) is 4.74 Å². The molecule has 2 aromatic carbocycles. The second-order valence-corrected chi connectivity index (χ2v) is 10.2. The molecule has 0 aromatic heterocycles. The van der Waals surface area contributed by atoms with Gasteiger partial charge in [-0.1, -0.05) is 44.2 Å². The SMILES string of the molecule is CC(C)c1ccc(S(=O)(=O)N2CCC(C(=O)OCC(=O)NC(=O)c3ccccc3)CC2)cc1. The summed E-state index contributed by atoms with van der Waals surface area (Å²) in [5.74, 6) is -2.06. The lowest BCUT2D eigenvalue weighted by molar-refractivity contribution is -0.153. The zero-order valence-corrected chi connectivity index (χ0v) is 19.5. The van der Waals surface area contributed by atoms with Gasteiger partial charge in [-0.05, 0) is 48.6 Å². The molecule has 0 spiro atoms. The number of rotatable bonds is 7. The van der Waals surface area contributed by atoms with E-state index in [9.17, 15) is 22.8 Å². The van der Waals surface area contributed by atoms with E-state index in [-0.39, 0.29) is 18.0 Å². The first-order valence-corrected chi connectivity index (χ1v) is 12.3. The van der Waals surface area contributed by atoms with E-state index in [0.717, 1.165) is 5.56 Å². The average Bonchev–Trinajstić information content (AvgIpc) is 2.83. The third-order valence-electron chi connectivity index (χ3n) is 5.61. The quantitative estimate of drug-likeness (QED) is 0.621. The predicted octanol–water partition coefficient (Wildman–Crippen LogP) is 2.71. The molecule has 0 bridgehead atoms. The number of nitrogens with one attached hydrogen (secondary N) is 1. The van der Waals surface area contributed by atoms with Crippen LogP contribution in [0.4, 0.5) is 0 Å². The van der Waals surface area contributed by atoms with Crippen LogP contribution in [0.1, 0.15) is 48.5 Å². The maximum atomic E-state index is 12.9. The number of esters is 1. The highest BCUT2D eigenvalue weighted by atomic mass is 32.2. The molecular formula is C24H28N2O6S. The number of sulfonamides is 1. The molecule has 176 valence electrons. The molecule has 0 atom stereocenters. The lowest BCUT2D eigenvalue weighted by Crippen LogP contribution is -2.41. The van der Waals surface area contributed by atoms with Gasteiger partial charge in [0.05, 0.1) is 10.8 Å². The first-order chi connectivity index (χ1) is 15.7. The summed E-state index contributed by atoms with van der Waals surface area (Å²) in [6, 6.07) is 15.1. The summed E-state index contributed by atoms with van der Waals surface area (Å²) in [5, 5.41) is 2.17. The van der Waals surface area contributed by atoms with Crippen LogP contribution < -0.4 is 5.32 Å². The van der Waals surface area contributed by atoms with Crippen molar-refractivity contribution >= 4 is 27.8 Å². The molecule has 1 saturated heterocycles. The van der Waals surface area contributed by atoms with Gasteiger partial charge in [-0.25, -0.2) is 8.42 Å². The number of benzene rings is 2. The number of hydrogen-bond acceptors (Lipinski definition) is 6. The van der Waals surface area contributed by atoms with E-state index in [2.05, 4.69) is 5.32 Å². The number of piperidine rings is 1. The van der Waals surface area contributed by atoms with E-state index in [1.807, 2.05) is 26.0 Å². The lowest BCUT2D eigenvalue weighted by atomic mass is 9.98. The Bertz CT molecular complexity index is 1090. The van der Waals surface area contributed by atoms with Crippen molar-refractivity contribution in [2.24, 2.45) is 5.92 Å². The molecule has 1 heterocycles. The Morgan fingerprint density at radius 2 is 1.61 bits per heavy atom. The molecule has 0 radical (unpaired) electrons. The highest BCUT2D eigenvalue weighted by Gasteiger charge is 2.33. The Morgan fingerprint density at radius 1 is 1.00 bits per heavy atom. The highest BCUT2D eigenvalue weighted by Crippen LogP contribution is 2.25. The highest BCUT2D eigenvalue weighted by molar-refractivity contribution is 7.89. The molecule has 2 aromatic rings. The Kier molecular flexibility index (Phi) is 7.99. The van der Waals surface area contributed by atoms with E-state index in [1.54, 1.807) is 42.5 Å². The van der Waals surface area contributed by atoms with Gasteiger partial charge < -0.3 is 4.74 Å². The first-order valence-electron chi connectivity index (χ1n) is 10.8. The van der Waals surface area contributed by atoms with Crippen LogP contribution in [0.3, 0.4) is 0 Å². The van der Waals surface area contributed by atoms with Crippen molar-refractivity contribution in [1.82, 2.24) is 9.62 Å². The maximum Gasteiger partial charge on any atom is 0.309 e. The van der Waals surface area contributed by atoms with Crippen molar-refractivity contribution in [3.63, 3.8) is 0 Å². The van der Waals surface area contributed by atoms with Gasteiger partial charge >= 0.3 is 5.97 Å². The van der Waals surface area contributed by atoms with Crippen LogP contribution in [-0.2, 0) is 24.3 Å². The van der Waals surface area contributed by atoms with Gasteiger partial charge in [0.1, 0.15) is 0 Å². The van der Waals surface area contributed by atoms with Gasteiger partial charge in [0.25, 0.3) is 11.8 Å². The van der Waals surface area contributed by atoms with Crippen LogP contribution in [-0.4, -0.2) is 50.2 Å². The lowest BCUT2D eigenvalue weighted by Gasteiger charge is -2.30. The number of imide groups is 1. The molecule has 3 rings (SSSR count). The Morgan fingerprint density at radius 3 is 2.18 bits per heavy atom. The fourth-order valence-electron chi connectivity index (χ4n) is 3.58. The number of amides is 2. The molecule has 1 fully saturated rings. The molecule has 1 aliphatic rings. The minimum absolute atomic E-state index is 0.187.